The third-order valence-corrected chi connectivity index (χ3v) is 7.40. The van der Waals surface area contributed by atoms with Crippen LogP contribution in [0.3, 0.4) is 0 Å². The smallest absolute Gasteiger partial charge is 0.123 e. The van der Waals surface area contributed by atoms with Crippen LogP contribution in [-0.2, 0) is 0 Å². The van der Waals surface area contributed by atoms with Crippen LogP contribution >= 0.6 is 0 Å². The zero-order valence-electron chi connectivity index (χ0n) is 18.0. The molecule has 2 atom stereocenters. The minimum Gasteiger partial charge on any atom is -0.507 e. The molecule has 0 aliphatic heterocycles. The molecule has 0 spiro atoms. The standard InChI is InChI=1S/C28H32O2/c1-30-19-15-16-24-25(17-19)27(29)18-26-22-12-8-6-4-2-3-5-7-11-20(22)21-13-9-10-14-23(21)28(24)26/h9-10,13-18,20,22,29H,2-8,11-12H2,1H3. The third kappa shape index (κ3) is 3.37. The monoisotopic (exact) mass is 400 g/mol. The number of benzene rings is 3. The number of aromatic hydroxyl groups is 1. The van der Waals surface area contributed by atoms with Crippen molar-refractivity contribution < 1.29 is 9.84 Å². The van der Waals surface area contributed by atoms with Crippen molar-refractivity contribution in [3.05, 3.63) is 59.7 Å². The second-order valence-electron chi connectivity index (χ2n) is 9.12. The van der Waals surface area contributed by atoms with Gasteiger partial charge in [-0.05, 0) is 76.6 Å². The molecular weight excluding hydrogens is 368 g/mol. The van der Waals surface area contributed by atoms with Crippen molar-refractivity contribution in [2.24, 2.45) is 0 Å². The summed E-state index contributed by atoms with van der Waals surface area (Å²) >= 11 is 0. The first-order valence-corrected chi connectivity index (χ1v) is 11.7. The molecule has 0 amide bonds. The fourth-order valence-electron chi connectivity index (χ4n) is 5.93. The van der Waals surface area contributed by atoms with E-state index < -0.39 is 0 Å². The maximum atomic E-state index is 11.0. The van der Waals surface area contributed by atoms with Gasteiger partial charge < -0.3 is 9.84 Å². The lowest BCUT2D eigenvalue weighted by Crippen LogP contribution is -2.18. The molecule has 2 heteroatoms. The molecule has 1 N–H and O–H groups in total. The summed E-state index contributed by atoms with van der Waals surface area (Å²) in [6.45, 7) is 0. The molecule has 2 nitrogen and oxygen atoms in total. The molecule has 3 aromatic carbocycles. The maximum absolute atomic E-state index is 11.0. The Balaban J connectivity index is 1.73. The zero-order valence-corrected chi connectivity index (χ0v) is 18.0. The molecule has 5 rings (SSSR count). The van der Waals surface area contributed by atoms with Crippen LogP contribution in [0.1, 0.15) is 80.8 Å². The van der Waals surface area contributed by atoms with Gasteiger partial charge in [-0.3, -0.25) is 0 Å². The number of ether oxygens (including phenoxy) is 1. The van der Waals surface area contributed by atoms with Crippen molar-refractivity contribution >= 4 is 10.8 Å². The normalized spacial score (nSPS) is 21.8. The summed E-state index contributed by atoms with van der Waals surface area (Å²) in [6.07, 6.45) is 11.9. The predicted molar refractivity (Wildman–Crippen MR) is 125 cm³/mol. The molecule has 0 bridgehead atoms. The molecule has 0 saturated heterocycles. The first-order chi connectivity index (χ1) is 14.8. The molecule has 0 heterocycles. The van der Waals surface area contributed by atoms with Gasteiger partial charge in [0.1, 0.15) is 11.5 Å². The molecule has 2 aliphatic rings. The van der Waals surface area contributed by atoms with Gasteiger partial charge in [0, 0.05) is 5.39 Å². The topological polar surface area (TPSA) is 29.5 Å². The summed E-state index contributed by atoms with van der Waals surface area (Å²) in [5, 5.41) is 13.0. The Kier molecular flexibility index (Phi) is 5.41. The molecule has 1 fully saturated rings. The van der Waals surface area contributed by atoms with Crippen LogP contribution in [0.5, 0.6) is 11.5 Å². The van der Waals surface area contributed by atoms with E-state index in [4.69, 9.17) is 4.74 Å². The highest BCUT2D eigenvalue weighted by atomic mass is 16.5. The highest BCUT2D eigenvalue weighted by Gasteiger charge is 2.34. The lowest BCUT2D eigenvalue weighted by molar-refractivity contribution is 0.415. The van der Waals surface area contributed by atoms with E-state index in [9.17, 15) is 5.11 Å². The van der Waals surface area contributed by atoms with Crippen LogP contribution < -0.4 is 4.74 Å². The molecule has 0 aromatic heterocycles. The van der Waals surface area contributed by atoms with Gasteiger partial charge in [0.15, 0.2) is 0 Å². The Labute approximate surface area is 179 Å². The van der Waals surface area contributed by atoms with E-state index in [1.807, 2.05) is 12.1 Å². The van der Waals surface area contributed by atoms with Crippen molar-refractivity contribution in [1.82, 2.24) is 0 Å². The molecule has 2 unspecified atom stereocenters. The molecule has 1 saturated carbocycles. The molecule has 30 heavy (non-hydrogen) atoms. The van der Waals surface area contributed by atoms with Crippen LogP contribution in [0.15, 0.2) is 48.5 Å². The van der Waals surface area contributed by atoms with Gasteiger partial charge in [0.2, 0.25) is 0 Å². The fourth-order valence-corrected chi connectivity index (χ4v) is 5.93. The minimum absolute atomic E-state index is 0.384. The molecule has 156 valence electrons. The van der Waals surface area contributed by atoms with E-state index in [0.29, 0.717) is 17.6 Å². The van der Waals surface area contributed by atoms with E-state index in [1.165, 1.54) is 80.0 Å². The number of phenols is 1. The van der Waals surface area contributed by atoms with E-state index in [-0.39, 0.29) is 0 Å². The first kappa shape index (κ1) is 19.5. The number of hydrogen-bond acceptors (Lipinski definition) is 2. The SMILES string of the molecule is COc1ccc2c3c(cc(O)c2c1)C1CCCCCCCCCC1c1ccccc1-3. The Hall–Kier alpha value is -2.48. The predicted octanol–water partition coefficient (Wildman–Crippen LogP) is 7.93. The molecule has 0 radical (unpaired) electrons. The van der Waals surface area contributed by atoms with Crippen LogP contribution in [0.4, 0.5) is 0 Å². The second kappa shape index (κ2) is 8.34. The van der Waals surface area contributed by atoms with Gasteiger partial charge >= 0.3 is 0 Å². The average Bonchev–Trinajstić information content (AvgIpc) is 2.84. The van der Waals surface area contributed by atoms with E-state index in [0.717, 1.165) is 16.5 Å². The average molecular weight is 401 g/mol. The Bertz CT molecular complexity index is 1050. The van der Waals surface area contributed by atoms with Crippen molar-refractivity contribution in [2.45, 2.75) is 69.6 Å². The number of hydrogen-bond donors (Lipinski definition) is 1. The summed E-state index contributed by atoms with van der Waals surface area (Å²) in [5.41, 5.74) is 5.56. The van der Waals surface area contributed by atoms with Crippen LogP contribution in [0.2, 0.25) is 0 Å². The largest absolute Gasteiger partial charge is 0.507 e. The quantitative estimate of drug-likeness (QED) is 0.449. The van der Waals surface area contributed by atoms with Crippen molar-refractivity contribution in [3.63, 3.8) is 0 Å². The third-order valence-electron chi connectivity index (χ3n) is 7.40. The number of phenolic OH excluding ortho intramolecular Hbond substituents is 1. The first-order valence-electron chi connectivity index (χ1n) is 11.7. The summed E-state index contributed by atoms with van der Waals surface area (Å²) in [7, 11) is 1.68. The highest BCUT2D eigenvalue weighted by Crippen LogP contribution is 2.54. The summed E-state index contributed by atoms with van der Waals surface area (Å²) < 4.78 is 5.43. The molecular formula is C28H32O2. The minimum atomic E-state index is 0.384. The van der Waals surface area contributed by atoms with Gasteiger partial charge in [0.05, 0.1) is 7.11 Å². The van der Waals surface area contributed by atoms with Crippen molar-refractivity contribution in [2.75, 3.05) is 7.11 Å². The summed E-state index contributed by atoms with van der Waals surface area (Å²) in [5.74, 6) is 2.22. The van der Waals surface area contributed by atoms with E-state index >= 15 is 0 Å². The van der Waals surface area contributed by atoms with Crippen LogP contribution in [-0.4, -0.2) is 12.2 Å². The van der Waals surface area contributed by atoms with Gasteiger partial charge in [0.25, 0.3) is 0 Å². The second-order valence-corrected chi connectivity index (χ2v) is 9.12. The maximum Gasteiger partial charge on any atom is 0.123 e. The summed E-state index contributed by atoms with van der Waals surface area (Å²) in [6, 6.07) is 17.2. The van der Waals surface area contributed by atoms with E-state index in [1.54, 1.807) is 7.11 Å². The summed E-state index contributed by atoms with van der Waals surface area (Å²) in [4.78, 5) is 0. The van der Waals surface area contributed by atoms with Gasteiger partial charge in [-0.15, -0.1) is 0 Å². The highest BCUT2D eigenvalue weighted by molar-refractivity contribution is 6.03. The Morgan fingerprint density at radius 2 is 1.40 bits per heavy atom. The fraction of sp³-hybridized carbons (Fsp3) is 0.429. The van der Waals surface area contributed by atoms with Gasteiger partial charge in [-0.2, -0.15) is 0 Å². The van der Waals surface area contributed by atoms with Gasteiger partial charge in [-0.25, -0.2) is 0 Å². The van der Waals surface area contributed by atoms with Crippen molar-refractivity contribution in [1.29, 1.82) is 0 Å². The lowest BCUT2D eigenvalue weighted by Gasteiger charge is -2.37. The zero-order chi connectivity index (χ0) is 20.5. The lowest BCUT2D eigenvalue weighted by atomic mass is 9.67. The van der Waals surface area contributed by atoms with E-state index in [2.05, 4.69) is 36.4 Å². The number of methoxy groups -OCH3 is 1. The van der Waals surface area contributed by atoms with Crippen molar-refractivity contribution in [3.8, 4) is 22.6 Å². The number of fused-ring (bicyclic) bond motifs is 8. The molecule has 2 aliphatic carbocycles. The van der Waals surface area contributed by atoms with Gasteiger partial charge in [-0.1, -0.05) is 69.2 Å². The van der Waals surface area contributed by atoms with Crippen LogP contribution in [0, 0.1) is 0 Å². The molecule has 3 aromatic rings. The van der Waals surface area contributed by atoms with Crippen LogP contribution in [0.25, 0.3) is 21.9 Å². The Morgan fingerprint density at radius 3 is 2.13 bits per heavy atom. The number of rotatable bonds is 1. The Morgan fingerprint density at radius 1 is 0.733 bits per heavy atom.